The largest absolute Gasteiger partial charge is 0.480 e. The van der Waals surface area contributed by atoms with E-state index in [9.17, 15) is 9.59 Å². The average molecular weight is 298 g/mol. The Labute approximate surface area is 123 Å². The first-order valence-electron chi connectivity index (χ1n) is 6.44. The second-order valence-electron chi connectivity index (χ2n) is 4.82. The molecule has 1 rings (SSSR count). The van der Waals surface area contributed by atoms with Crippen LogP contribution < -0.4 is 11.2 Å². The lowest BCUT2D eigenvalue weighted by atomic mass is 10.1. The van der Waals surface area contributed by atoms with Crippen LogP contribution in [0.25, 0.3) is 0 Å². The first-order valence-corrected chi connectivity index (χ1v) is 6.44. The smallest absolute Gasteiger partial charge is 0.323 e. The number of hydroxylamine groups is 1. The number of carboxylic acid groups (broad SMARTS) is 2. The molecule has 0 aromatic heterocycles. The van der Waals surface area contributed by atoms with Crippen molar-refractivity contribution in [3.05, 3.63) is 35.9 Å². The van der Waals surface area contributed by atoms with Gasteiger partial charge in [0, 0.05) is 6.42 Å². The van der Waals surface area contributed by atoms with E-state index in [0.717, 1.165) is 5.56 Å². The SMILES string of the molecule is CC(C)C(N)C(=O)O.O=C(O)C(Cc1ccccc1)NO. The lowest BCUT2D eigenvalue weighted by molar-refractivity contribution is -0.142. The molecular formula is C14H22N2O5. The summed E-state index contributed by atoms with van der Waals surface area (Å²) < 4.78 is 0. The molecule has 0 radical (unpaired) electrons. The number of aliphatic carboxylic acids is 2. The number of nitrogens with two attached hydrogens (primary N) is 1. The lowest BCUT2D eigenvalue weighted by Crippen LogP contribution is -2.36. The predicted molar refractivity (Wildman–Crippen MR) is 76.9 cm³/mol. The number of benzene rings is 1. The van der Waals surface area contributed by atoms with Gasteiger partial charge >= 0.3 is 11.9 Å². The molecule has 1 aromatic carbocycles. The van der Waals surface area contributed by atoms with Crippen molar-refractivity contribution in [1.29, 1.82) is 0 Å². The molecule has 0 saturated heterocycles. The Bertz CT molecular complexity index is 436. The van der Waals surface area contributed by atoms with Crippen molar-refractivity contribution in [3.63, 3.8) is 0 Å². The highest BCUT2D eigenvalue weighted by molar-refractivity contribution is 5.73. The molecule has 1 aromatic rings. The molecule has 0 spiro atoms. The van der Waals surface area contributed by atoms with E-state index in [0.29, 0.717) is 0 Å². The van der Waals surface area contributed by atoms with Crippen molar-refractivity contribution in [2.75, 3.05) is 0 Å². The van der Waals surface area contributed by atoms with Crippen LogP contribution >= 0.6 is 0 Å². The molecule has 0 saturated carbocycles. The van der Waals surface area contributed by atoms with E-state index in [1.54, 1.807) is 19.3 Å². The Morgan fingerprint density at radius 3 is 1.95 bits per heavy atom. The van der Waals surface area contributed by atoms with Crippen LogP contribution in [0.5, 0.6) is 0 Å². The Balaban J connectivity index is 0.000000433. The van der Waals surface area contributed by atoms with Gasteiger partial charge in [0.15, 0.2) is 0 Å². The summed E-state index contributed by atoms with van der Waals surface area (Å²) in [5, 5.41) is 25.4. The minimum absolute atomic E-state index is 0.0208. The molecule has 7 nitrogen and oxygen atoms in total. The molecule has 0 heterocycles. The van der Waals surface area contributed by atoms with Gasteiger partial charge < -0.3 is 21.2 Å². The number of nitrogens with one attached hydrogen (secondary N) is 1. The Hall–Kier alpha value is -1.96. The Kier molecular flexibility index (Phi) is 8.95. The normalized spacial score (nSPS) is 13.0. The third-order valence-corrected chi connectivity index (χ3v) is 2.74. The zero-order valence-corrected chi connectivity index (χ0v) is 12.1. The topological polar surface area (TPSA) is 133 Å². The quantitative estimate of drug-likeness (QED) is 0.488. The maximum Gasteiger partial charge on any atom is 0.323 e. The van der Waals surface area contributed by atoms with Crippen molar-refractivity contribution in [2.24, 2.45) is 11.7 Å². The summed E-state index contributed by atoms with van der Waals surface area (Å²) in [4.78, 5) is 20.5. The molecule has 0 aliphatic heterocycles. The third-order valence-electron chi connectivity index (χ3n) is 2.74. The summed E-state index contributed by atoms with van der Waals surface area (Å²) in [5.74, 6) is -1.97. The Morgan fingerprint density at radius 2 is 1.67 bits per heavy atom. The zero-order valence-electron chi connectivity index (χ0n) is 12.1. The molecule has 118 valence electrons. The molecule has 7 heteroatoms. The fraction of sp³-hybridized carbons (Fsp3) is 0.429. The van der Waals surface area contributed by atoms with Crippen molar-refractivity contribution < 1.29 is 25.0 Å². The average Bonchev–Trinajstić information content (AvgIpc) is 2.45. The van der Waals surface area contributed by atoms with Crippen LogP contribution in [-0.4, -0.2) is 39.4 Å². The number of rotatable bonds is 6. The maximum absolute atomic E-state index is 10.5. The van der Waals surface area contributed by atoms with Gasteiger partial charge in [0.25, 0.3) is 0 Å². The van der Waals surface area contributed by atoms with Gasteiger partial charge in [-0.1, -0.05) is 44.2 Å². The lowest BCUT2D eigenvalue weighted by Gasteiger charge is -2.09. The summed E-state index contributed by atoms with van der Waals surface area (Å²) >= 11 is 0. The van der Waals surface area contributed by atoms with Crippen LogP contribution in [0.3, 0.4) is 0 Å². The van der Waals surface area contributed by atoms with Crippen molar-refractivity contribution in [1.82, 2.24) is 5.48 Å². The summed E-state index contributed by atoms with van der Waals surface area (Å²) in [6, 6.07) is 7.47. The molecule has 6 N–H and O–H groups in total. The van der Waals surface area contributed by atoms with E-state index in [2.05, 4.69) is 0 Å². The van der Waals surface area contributed by atoms with Crippen molar-refractivity contribution >= 4 is 11.9 Å². The molecule has 2 atom stereocenters. The third kappa shape index (κ3) is 8.03. The minimum Gasteiger partial charge on any atom is -0.480 e. The fourth-order valence-corrected chi connectivity index (χ4v) is 1.32. The molecule has 0 fully saturated rings. The van der Waals surface area contributed by atoms with E-state index >= 15 is 0 Å². The van der Waals surface area contributed by atoms with E-state index in [1.807, 2.05) is 30.3 Å². The van der Waals surface area contributed by atoms with Gasteiger partial charge in [-0.3, -0.25) is 9.59 Å². The molecule has 21 heavy (non-hydrogen) atoms. The standard InChI is InChI=1S/C9H11NO3.C5H11NO2/c11-9(12)8(10-13)6-7-4-2-1-3-5-7;1-3(2)4(6)5(7)8/h1-5,8,10,13H,6H2,(H,11,12);3-4H,6H2,1-2H3,(H,7,8). The van der Waals surface area contributed by atoms with Gasteiger partial charge in [0.05, 0.1) is 0 Å². The van der Waals surface area contributed by atoms with Gasteiger partial charge in [-0.15, -0.1) is 0 Å². The number of hydrogen-bond donors (Lipinski definition) is 5. The van der Waals surface area contributed by atoms with Crippen LogP contribution in [-0.2, 0) is 16.0 Å². The van der Waals surface area contributed by atoms with Gasteiger partial charge in [0.1, 0.15) is 12.1 Å². The molecule has 0 aliphatic rings. The highest BCUT2D eigenvalue weighted by atomic mass is 16.5. The van der Waals surface area contributed by atoms with Crippen LogP contribution in [0, 0.1) is 5.92 Å². The van der Waals surface area contributed by atoms with E-state index in [1.165, 1.54) is 0 Å². The van der Waals surface area contributed by atoms with Gasteiger partial charge in [-0.2, -0.15) is 5.48 Å². The maximum atomic E-state index is 10.5. The summed E-state index contributed by atoms with van der Waals surface area (Å²) in [5.41, 5.74) is 7.78. The highest BCUT2D eigenvalue weighted by Crippen LogP contribution is 2.02. The van der Waals surface area contributed by atoms with Crippen LogP contribution in [0.1, 0.15) is 19.4 Å². The van der Waals surface area contributed by atoms with Crippen molar-refractivity contribution in [2.45, 2.75) is 32.4 Å². The second-order valence-corrected chi connectivity index (χ2v) is 4.82. The van der Waals surface area contributed by atoms with Gasteiger partial charge in [0.2, 0.25) is 0 Å². The molecule has 2 unspecified atom stereocenters. The van der Waals surface area contributed by atoms with E-state index in [4.69, 9.17) is 21.2 Å². The van der Waals surface area contributed by atoms with Gasteiger partial charge in [-0.05, 0) is 11.5 Å². The van der Waals surface area contributed by atoms with E-state index in [-0.39, 0.29) is 12.3 Å². The number of carboxylic acids is 2. The Morgan fingerprint density at radius 1 is 1.14 bits per heavy atom. The van der Waals surface area contributed by atoms with Crippen LogP contribution in [0.4, 0.5) is 0 Å². The predicted octanol–water partition coefficient (Wildman–Crippen LogP) is 0.715. The fourth-order valence-electron chi connectivity index (χ4n) is 1.32. The summed E-state index contributed by atoms with van der Waals surface area (Å²) in [6.07, 6.45) is 0.271. The molecule has 0 aliphatic carbocycles. The molecule has 0 amide bonds. The van der Waals surface area contributed by atoms with Crippen molar-refractivity contribution in [3.8, 4) is 0 Å². The number of hydrogen-bond acceptors (Lipinski definition) is 5. The second kappa shape index (κ2) is 9.87. The molecular weight excluding hydrogens is 276 g/mol. The first-order chi connectivity index (χ1) is 9.79. The minimum atomic E-state index is -1.06. The van der Waals surface area contributed by atoms with Crippen LogP contribution in [0.2, 0.25) is 0 Å². The molecule has 0 bridgehead atoms. The van der Waals surface area contributed by atoms with Gasteiger partial charge in [-0.25, -0.2) is 0 Å². The summed E-state index contributed by atoms with van der Waals surface area (Å²) in [6.45, 7) is 3.55. The monoisotopic (exact) mass is 298 g/mol. The zero-order chi connectivity index (χ0) is 16.4. The van der Waals surface area contributed by atoms with Crippen LogP contribution in [0.15, 0.2) is 30.3 Å². The summed E-state index contributed by atoms with van der Waals surface area (Å²) in [7, 11) is 0. The van der Waals surface area contributed by atoms with E-state index < -0.39 is 24.0 Å². The first kappa shape index (κ1) is 19.0. The number of carbonyl (C=O) groups is 2. The highest BCUT2D eigenvalue weighted by Gasteiger charge is 2.16.